The van der Waals surface area contributed by atoms with Crippen molar-refractivity contribution < 1.29 is 28.6 Å². The van der Waals surface area contributed by atoms with Crippen LogP contribution < -0.4 is 19.5 Å². The highest BCUT2D eigenvalue weighted by Gasteiger charge is 2.64. The first kappa shape index (κ1) is 24.5. The van der Waals surface area contributed by atoms with Crippen molar-refractivity contribution >= 4 is 41.1 Å². The van der Waals surface area contributed by atoms with E-state index in [1.54, 1.807) is 30.3 Å². The molecule has 3 aromatic rings. The fourth-order valence-corrected chi connectivity index (χ4v) is 6.45. The standard InChI is InChI=1S/C30H24ClN3O6/c1-38-21-9-7-18(31)13-20(21)32-28(35)27-25-24(26-19-5-3-2-4-17(19)10-11-33(26)27)29(36)34(30(25)37)14-16-6-8-22-23(12-16)40-15-39-22/h2-13,24-27H,14-15H2,1H3,(H,32,35)/t24-,25+,26+,27-/m0/s1. The van der Waals surface area contributed by atoms with Crippen molar-refractivity contribution in [1.29, 1.82) is 0 Å². The first-order chi connectivity index (χ1) is 19.4. The number of nitrogens with zero attached hydrogens (tertiary/aromatic N) is 2. The number of hydrogen-bond acceptors (Lipinski definition) is 7. The number of carbonyl (C=O) groups excluding carboxylic acids is 3. The maximum absolute atomic E-state index is 14.0. The second-order valence-corrected chi connectivity index (χ2v) is 10.6. The number of methoxy groups -OCH3 is 1. The van der Waals surface area contributed by atoms with E-state index in [9.17, 15) is 14.4 Å². The molecule has 1 N–H and O–H groups in total. The molecule has 0 saturated carbocycles. The van der Waals surface area contributed by atoms with Crippen LogP contribution >= 0.6 is 11.6 Å². The zero-order valence-electron chi connectivity index (χ0n) is 21.4. The van der Waals surface area contributed by atoms with Crippen LogP contribution in [0.3, 0.4) is 0 Å². The summed E-state index contributed by atoms with van der Waals surface area (Å²) in [5.41, 5.74) is 2.98. The number of hydrogen-bond donors (Lipinski definition) is 1. The highest BCUT2D eigenvalue weighted by atomic mass is 35.5. The van der Waals surface area contributed by atoms with Crippen molar-refractivity contribution in [1.82, 2.24) is 9.80 Å². The lowest BCUT2D eigenvalue weighted by Gasteiger charge is -2.35. The third kappa shape index (κ3) is 3.72. The van der Waals surface area contributed by atoms with E-state index in [0.29, 0.717) is 28.0 Å². The number of rotatable bonds is 5. The summed E-state index contributed by atoms with van der Waals surface area (Å²) in [5, 5.41) is 3.33. The Hall–Kier alpha value is -4.50. The summed E-state index contributed by atoms with van der Waals surface area (Å²) >= 11 is 6.20. The Bertz CT molecular complexity index is 1610. The minimum absolute atomic E-state index is 0.0714. The quantitative estimate of drug-likeness (QED) is 0.469. The molecule has 4 aliphatic rings. The van der Waals surface area contributed by atoms with Gasteiger partial charge in [-0.15, -0.1) is 0 Å². The van der Waals surface area contributed by atoms with Crippen LogP contribution in [0.25, 0.3) is 6.08 Å². The predicted octanol–water partition coefficient (Wildman–Crippen LogP) is 4.23. The summed E-state index contributed by atoms with van der Waals surface area (Å²) in [7, 11) is 1.50. The Morgan fingerprint density at radius 3 is 2.67 bits per heavy atom. The average Bonchev–Trinajstić information content (AvgIpc) is 3.63. The molecule has 3 aromatic carbocycles. The molecular formula is C30H24ClN3O6. The van der Waals surface area contributed by atoms with Crippen molar-refractivity contribution in [3.8, 4) is 17.2 Å². The van der Waals surface area contributed by atoms with E-state index in [-0.39, 0.29) is 25.2 Å². The normalized spacial score (nSPS) is 23.6. The average molecular weight is 558 g/mol. The Morgan fingerprint density at radius 1 is 1.02 bits per heavy atom. The van der Waals surface area contributed by atoms with Crippen LogP contribution in [0.2, 0.25) is 5.02 Å². The number of fused-ring (bicyclic) bond motifs is 6. The molecule has 2 saturated heterocycles. The second-order valence-electron chi connectivity index (χ2n) is 10.1. The molecule has 7 rings (SSSR count). The summed E-state index contributed by atoms with van der Waals surface area (Å²) in [6.45, 7) is 0.200. The Balaban J connectivity index is 1.26. The first-order valence-electron chi connectivity index (χ1n) is 12.9. The zero-order valence-corrected chi connectivity index (χ0v) is 22.1. The van der Waals surface area contributed by atoms with E-state index in [0.717, 1.165) is 16.7 Å². The van der Waals surface area contributed by atoms with Gasteiger partial charge in [0.25, 0.3) is 0 Å². The lowest BCUT2D eigenvalue weighted by Crippen LogP contribution is -2.46. The summed E-state index contributed by atoms with van der Waals surface area (Å²) in [6, 6.07) is 16.6. The fourth-order valence-electron chi connectivity index (χ4n) is 6.28. The van der Waals surface area contributed by atoms with Gasteiger partial charge < -0.3 is 24.4 Å². The largest absolute Gasteiger partial charge is 0.495 e. The molecule has 9 nitrogen and oxygen atoms in total. The molecule has 3 amide bonds. The SMILES string of the molecule is COc1ccc(Cl)cc1NC(=O)[C@@H]1[C@@H]2C(=O)N(Cc3ccc4c(c3)OCO4)C(=O)[C@@H]2[C@H]2c3ccccc3C=CN12. The molecule has 0 radical (unpaired) electrons. The van der Waals surface area contributed by atoms with Gasteiger partial charge >= 0.3 is 0 Å². The van der Waals surface area contributed by atoms with E-state index in [1.807, 2.05) is 47.5 Å². The summed E-state index contributed by atoms with van der Waals surface area (Å²) < 4.78 is 16.3. The van der Waals surface area contributed by atoms with E-state index in [2.05, 4.69) is 5.32 Å². The molecule has 4 aliphatic heterocycles. The minimum atomic E-state index is -0.929. The van der Waals surface area contributed by atoms with E-state index in [1.165, 1.54) is 12.0 Å². The minimum Gasteiger partial charge on any atom is -0.495 e. The topological polar surface area (TPSA) is 97.4 Å². The van der Waals surface area contributed by atoms with Crippen LogP contribution in [0, 0.1) is 11.8 Å². The number of amides is 3. The van der Waals surface area contributed by atoms with Gasteiger partial charge in [0.05, 0.1) is 37.2 Å². The van der Waals surface area contributed by atoms with Crippen molar-refractivity contribution in [2.24, 2.45) is 11.8 Å². The van der Waals surface area contributed by atoms with Gasteiger partial charge in [-0.2, -0.15) is 0 Å². The van der Waals surface area contributed by atoms with Crippen molar-refractivity contribution in [3.05, 3.63) is 88.6 Å². The monoisotopic (exact) mass is 557 g/mol. The lowest BCUT2D eigenvalue weighted by molar-refractivity contribution is -0.143. The number of carbonyl (C=O) groups is 3. The molecule has 202 valence electrons. The van der Waals surface area contributed by atoms with Gasteiger partial charge in [0.1, 0.15) is 11.8 Å². The highest BCUT2D eigenvalue weighted by Crippen LogP contribution is 2.53. The molecule has 40 heavy (non-hydrogen) atoms. The maximum atomic E-state index is 14.0. The van der Waals surface area contributed by atoms with Gasteiger partial charge in [0.15, 0.2) is 11.5 Å². The van der Waals surface area contributed by atoms with Crippen molar-refractivity contribution in [2.75, 3.05) is 19.2 Å². The Labute approximate surface area is 234 Å². The van der Waals surface area contributed by atoms with Crippen LogP contribution in [-0.2, 0) is 20.9 Å². The summed E-state index contributed by atoms with van der Waals surface area (Å²) in [5.74, 6) is -1.10. The first-order valence-corrected chi connectivity index (χ1v) is 13.2. The number of halogens is 1. The van der Waals surface area contributed by atoms with Crippen LogP contribution in [0.15, 0.2) is 66.9 Å². The molecule has 0 unspecified atom stereocenters. The van der Waals surface area contributed by atoms with Gasteiger partial charge in [0.2, 0.25) is 24.5 Å². The van der Waals surface area contributed by atoms with Gasteiger partial charge in [0, 0.05) is 11.2 Å². The Morgan fingerprint density at radius 2 is 1.82 bits per heavy atom. The number of anilines is 1. The van der Waals surface area contributed by atoms with Crippen LogP contribution in [0.4, 0.5) is 5.69 Å². The predicted molar refractivity (Wildman–Crippen MR) is 146 cm³/mol. The molecule has 0 aromatic heterocycles. The van der Waals surface area contributed by atoms with Crippen molar-refractivity contribution in [3.63, 3.8) is 0 Å². The smallest absolute Gasteiger partial charge is 0.248 e. The number of ether oxygens (including phenoxy) is 3. The lowest BCUT2D eigenvalue weighted by atomic mass is 9.84. The van der Waals surface area contributed by atoms with Crippen molar-refractivity contribution in [2.45, 2.75) is 18.6 Å². The van der Waals surface area contributed by atoms with Gasteiger partial charge in [-0.05, 0) is 53.1 Å². The third-order valence-electron chi connectivity index (χ3n) is 8.02. The molecule has 4 heterocycles. The second kappa shape index (κ2) is 9.31. The molecular weight excluding hydrogens is 534 g/mol. The number of imide groups is 1. The van der Waals surface area contributed by atoms with E-state index >= 15 is 0 Å². The van der Waals surface area contributed by atoms with Gasteiger partial charge in [-0.1, -0.05) is 41.9 Å². The molecule has 2 fully saturated rings. The molecule has 4 atom stereocenters. The maximum Gasteiger partial charge on any atom is 0.248 e. The van der Waals surface area contributed by atoms with E-state index in [4.69, 9.17) is 25.8 Å². The fraction of sp³-hybridized carbons (Fsp3) is 0.233. The zero-order chi connectivity index (χ0) is 27.5. The Kier molecular flexibility index (Phi) is 5.71. The van der Waals surface area contributed by atoms with Crippen LogP contribution in [0.5, 0.6) is 17.2 Å². The molecule has 10 heteroatoms. The van der Waals surface area contributed by atoms with E-state index < -0.39 is 29.8 Å². The van der Waals surface area contributed by atoms with Crippen LogP contribution in [0.1, 0.15) is 22.7 Å². The van der Waals surface area contributed by atoms with Crippen LogP contribution in [-0.4, -0.2) is 47.5 Å². The highest BCUT2D eigenvalue weighted by molar-refractivity contribution is 6.31. The summed E-state index contributed by atoms with van der Waals surface area (Å²) in [4.78, 5) is 45.1. The molecule has 0 aliphatic carbocycles. The number of likely N-dealkylation sites (tertiary alicyclic amines) is 1. The number of nitrogens with one attached hydrogen (secondary N) is 1. The molecule has 0 bridgehead atoms. The van der Waals surface area contributed by atoms with Gasteiger partial charge in [-0.3, -0.25) is 19.3 Å². The van der Waals surface area contributed by atoms with Gasteiger partial charge in [-0.25, -0.2) is 0 Å². The molecule has 0 spiro atoms. The number of benzene rings is 3. The summed E-state index contributed by atoms with van der Waals surface area (Å²) in [6.07, 6.45) is 3.72. The third-order valence-corrected chi connectivity index (χ3v) is 8.25.